The fourth-order valence-electron chi connectivity index (χ4n) is 15.1. The van der Waals surface area contributed by atoms with Crippen LogP contribution >= 0.6 is 23.2 Å². The second-order valence-corrected chi connectivity index (χ2v) is 32.7. The molecule has 0 aromatic carbocycles. The number of pyridine rings is 1. The summed E-state index contributed by atoms with van der Waals surface area (Å²) in [5.74, 6) is -3.78. The molecule has 22 atom stereocenters. The van der Waals surface area contributed by atoms with Gasteiger partial charge in [0.2, 0.25) is 6.23 Å². The Kier molecular flexibility index (Phi) is 29.8. The molecule has 17 rings (SSSR count). The molecule has 7 aliphatic rings. The lowest BCUT2D eigenvalue weighted by Crippen LogP contribution is -2.50. The van der Waals surface area contributed by atoms with Crippen molar-refractivity contribution < 1.29 is 134 Å². The molecule has 726 valence electrons. The number of halogens is 10. The molecule has 17 heterocycles. The van der Waals surface area contributed by atoms with E-state index in [1.54, 1.807) is 34.6 Å². The summed E-state index contributed by atoms with van der Waals surface area (Å²) in [5.41, 5.74) is 0.110. The Labute approximate surface area is 751 Å². The number of hydrogen-bond donors (Lipinski definition) is 18. The second-order valence-electron chi connectivity index (χ2n) is 32.1. The minimum Gasteiger partial charge on any atom is -0.456 e. The number of aliphatic hydroxyl groups is 12. The number of nitrogens with zero attached hydrogens (tertiary/aromatic N) is 17. The Morgan fingerprint density at radius 2 is 0.902 bits per heavy atom. The van der Waals surface area contributed by atoms with Gasteiger partial charge in [-0.3, -0.25) is 46.8 Å². The molecule has 0 amide bonds. The normalized spacial score (nSPS) is 31.4. The average molecular weight is 1940 g/mol. The Morgan fingerprint density at radius 3 is 1.26 bits per heavy atom. The van der Waals surface area contributed by atoms with Crippen LogP contribution in [-0.2, 0) is 38.0 Å². The number of aliphatic imine (C=N–C) groups is 1. The fraction of sp³-hybridized carbons (Fsp3) is 0.553. The van der Waals surface area contributed by atoms with Crippen molar-refractivity contribution in [2.24, 2.45) is 16.6 Å². The van der Waals surface area contributed by atoms with Gasteiger partial charge in [0, 0.05) is 12.4 Å². The quantitative estimate of drug-likeness (QED) is 0.0182. The van der Waals surface area contributed by atoms with E-state index in [-0.39, 0.29) is 79.5 Å². The molecule has 0 aliphatic carbocycles. The number of fused-ring (bicyclic) bond motifs is 5. The number of nitrogens with one attached hydrogen (secondary N) is 4. The van der Waals surface area contributed by atoms with Crippen LogP contribution in [0.3, 0.4) is 0 Å². The van der Waals surface area contributed by atoms with E-state index in [0.29, 0.717) is 28.7 Å². The molecule has 10 aromatic rings. The first kappa shape index (κ1) is 101. The van der Waals surface area contributed by atoms with Gasteiger partial charge in [-0.15, -0.1) is 29.8 Å². The van der Waals surface area contributed by atoms with Crippen molar-refractivity contribution in [3.05, 3.63) is 146 Å². The summed E-state index contributed by atoms with van der Waals surface area (Å²) >= 11 is 11.6. The highest BCUT2D eigenvalue weighted by Crippen LogP contribution is 2.50. The minimum atomic E-state index is -3.76. The molecule has 10 aromatic heterocycles. The highest BCUT2D eigenvalue weighted by atomic mass is 35.5. The lowest BCUT2D eigenvalue weighted by atomic mass is 9.96. The van der Waals surface area contributed by atoms with Crippen molar-refractivity contribution in [2.45, 2.75) is 193 Å². The lowest BCUT2D eigenvalue weighted by Gasteiger charge is -2.31. The number of anilines is 1. The van der Waals surface area contributed by atoms with Crippen LogP contribution in [0.1, 0.15) is 75.2 Å². The third-order valence-electron chi connectivity index (χ3n) is 22.8. The molecule has 47 nitrogen and oxygen atoms in total. The maximum absolute atomic E-state index is 15.0. The predicted molar refractivity (Wildman–Crippen MR) is 444 cm³/mol. The zero-order valence-corrected chi connectivity index (χ0v) is 72.5. The van der Waals surface area contributed by atoms with E-state index >= 15 is 4.39 Å². The van der Waals surface area contributed by atoms with E-state index in [0.717, 1.165) is 17.0 Å². The number of aromatic amines is 4. The van der Waals surface area contributed by atoms with Crippen LogP contribution in [-0.4, -0.2) is 349 Å². The molecular formula is C76H93Cl2F8N23O24. The van der Waals surface area contributed by atoms with Crippen molar-refractivity contribution in [3.63, 3.8) is 0 Å². The molecule has 0 radical (unpaired) electrons. The van der Waals surface area contributed by atoms with Crippen LogP contribution in [0.4, 0.5) is 40.8 Å². The molecule has 7 aliphatic heterocycles. The molecular weight excluding hydrogens is 1840 g/mol. The number of imidazole rings is 5. The summed E-state index contributed by atoms with van der Waals surface area (Å²) in [6, 6.07) is 1.54. The number of nitrogens with two attached hydrogens (primary N) is 2. The second kappa shape index (κ2) is 39.2. The summed E-state index contributed by atoms with van der Waals surface area (Å²) < 4.78 is 158. The van der Waals surface area contributed by atoms with Crippen LogP contribution in [0.25, 0.3) is 55.8 Å². The van der Waals surface area contributed by atoms with Crippen molar-refractivity contribution in [1.82, 2.24) is 97.5 Å². The van der Waals surface area contributed by atoms with Crippen LogP contribution in [0.15, 0.2) is 105 Å². The van der Waals surface area contributed by atoms with Gasteiger partial charge in [0.05, 0.1) is 101 Å². The standard InChI is InChI=1S/C15H21ClFN3O4.C13H14F2N4O4.C12H14ClFN4O4.C12H14F2N4O3.C12H15FN4O5.C12H15FN4O4/c1-8(2)14(22)23-12-11(17)13(24-15(12,6-16)7-21)20-5-4-10(18)19-9(20)3;1-3-12(4-20)10(22)13(14,15)11(23-12)19-5-16-7-8(19)17-6(2)18-9(7)21;1-5-16-9-7(10(21)17-5)15-4-18(9)11-6(14)8(20)12(2-13,3-19)22-11;13-3-12(4-19)9(20)7(14)11(21-12)18-5-17-8-6(15)1-2-16-10(8)18;1-5-15-9-7(10(21)16-5)14-4-17(9)11-6(13)8(20)12(2-18,3-19)22-11;1-5-15-9-7(10(20)16-5)14-4-17(9)11-6(13)8(19)12(2,3-18)21-11/h4-5,8,11-13,21H,3,6-7H2,1-2H3,(H2,18,19);3,5,10-11,20,22H,1,4H2,2H3,(H,17,18,21);4,6,8,11,19-20H,2-3H2,1H3,(H,16,17,21);1-2,5,7,9,11,19-20H,3-4H2,(H2,15,16);4,6,8,11,18-20H,2-3H2,1H3,(H,15,16,21);4,6,8,11,18-19H,3H2,1-2H3,(H,15,16,20)/t11-,12+,13-,15-;10-,11-,12-;6-,8+,11-,12-;7-,9+,11-,12-;6-,8+,11-;6-,8+,11-,12-/m111111/s1. The van der Waals surface area contributed by atoms with Crippen molar-refractivity contribution >= 4 is 96.5 Å². The number of rotatable bonds is 19. The van der Waals surface area contributed by atoms with Crippen LogP contribution < -0.4 is 33.7 Å². The number of carbonyl (C=O) groups excluding carboxylic acids is 1. The maximum Gasteiger partial charge on any atom is 0.320 e. The number of ether oxygens (including phenoxy) is 7. The Morgan fingerprint density at radius 1 is 0.526 bits per heavy atom. The van der Waals surface area contributed by atoms with E-state index < -0.39 is 231 Å². The number of alkyl halides is 10. The number of nitrogen functional groups attached to an aromatic ring is 1. The number of carbonyl (C=O) groups is 1. The number of H-pyrrole nitrogens is 4. The van der Waals surface area contributed by atoms with E-state index in [1.807, 2.05) is 0 Å². The van der Waals surface area contributed by atoms with Crippen LogP contribution in [0.5, 0.6) is 0 Å². The Hall–Kier alpha value is -10.9. The molecule has 0 spiro atoms. The third kappa shape index (κ3) is 18.1. The number of esters is 1. The number of aromatic nitrogens is 19. The van der Waals surface area contributed by atoms with Gasteiger partial charge >= 0.3 is 11.9 Å². The van der Waals surface area contributed by atoms with Gasteiger partial charge < -0.3 is 131 Å². The van der Waals surface area contributed by atoms with Crippen molar-refractivity contribution in [2.75, 3.05) is 70.4 Å². The number of aryl methyl sites for hydroxylation is 4. The molecule has 6 saturated heterocycles. The molecule has 133 heavy (non-hydrogen) atoms. The Balaban J connectivity index is 0.000000144. The fourth-order valence-corrected chi connectivity index (χ4v) is 15.7. The molecule has 0 saturated carbocycles. The van der Waals surface area contributed by atoms with Crippen LogP contribution in [0.2, 0.25) is 0 Å². The van der Waals surface area contributed by atoms with E-state index in [2.05, 4.69) is 87.9 Å². The number of amidine groups is 1. The molecule has 6 fully saturated rings. The van der Waals surface area contributed by atoms with Gasteiger partial charge in [-0.05, 0) is 46.8 Å². The number of aliphatic hydroxyl groups excluding tert-OH is 12. The highest BCUT2D eigenvalue weighted by molar-refractivity contribution is 6.19. The van der Waals surface area contributed by atoms with Crippen molar-refractivity contribution in [1.29, 1.82) is 0 Å². The van der Waals surface area contributed by atoms with Crippen LogP contribution in [0, 0.1) is 33.6 Å². The highest BCUT2D eigenvalue weighted by Gasteiger charge is 2.67. The molecule has 0 bridgehead atoms. The average Bonchev–Trinajstić information content (AvgIpc) is 1.57. The molecule has 57 heteroatoms. The first-order chi connectivity index (χ1) is 62.8. The monoisotopic (exact) mass is 1930 g/mol. The first-order valence-corrected chi connectivity index (χ1v) is 41.0. The van der Waals surface area contributed by atoms with Gasteiger partial charge in [-0.25, -0.2) is 81.2 Å². The zero-order valence-electron chi connectivity index (χ0n) is 71.0. The van der Waals surface area contributed by atoms with E-state index in [1.165, 1.54) is 86.9 Å². The largest absolute Gasteiger partial charge is 0.456 e. The third-order valence-corrected chi connectivity index (χ3v) is 23.7. The van der Waals surface area contributed by atoms with E-state index in [4.69, 9.17) is 67.8 Å². The predicted octanol–water partition coefficient (Wildman–Crippen LogP) is -1.90. The number of hydrogen-bond acceptors (Lipinski definition) is 38. The van der Waals surface area contributed by atoms with Gasteiger partial charge in [-0.1, -0.05) is 26.5 Å². The van der Waals surface area contributed by atoms with Crippen molar-refractivity contribution in [3.8, 4) is 0 Å². The van der Waals surface area contributed by atoms with E-state index in [9.17, 15) is 116 Å². The SMILES string of the molecule is C=C1N=C(N)C=CN1[C@@H]1O[C@@](CO)(CCl)[C@@H](OC(=O)C(C)C)[C@H]1F.C=C[C@]1(CO)O[C@@H](n2cnc3c(=O)[nH]c(C)nc32)C(F)(F)[C@@H]1O.Cc1nc2c(ncn2[C@@H]2OC(CO)(CO)[C@@H](O)[C@H]2F)c(=O)[nH]1.Cc1nc2c(ncn2[C@@H]2O[C@@](CO)(CCl)[C@@H](O)[C@H]2F)c(=O)[nH]1.Cc1nc2c(ncn2[C@@H]2O[C@](C)(CO)[C@@H](O)[C@H]2F)c(=O)[nH]1.Nc1ccnc2c1ncn2[C@@H]1O[C@@](CO)(CF)[C@@H](O)[C@H]1F. The summed E-state index contributed by atoms with van der Waals surface area (Å²) in [6.07, 6.45) is -16.9. The summed E-state index contributed by atoms with van der Waals surface area (Å²) in [5, 5.41) is 115. The first-order valence-electron chi connectivity index (χ1n) is 39.9. The smallest absolute Gasteiger partial charge is 0.320 e. The molecule has 0 unspecified atom stereocenters. The summed E-state index contributed by atoms with van der Waals surface area (Å²) in [6.45, 7) is 11.6. The lowest BCUT2D eigenvalue weighted by molar-refractivity contribution is -0.168. The Bertz CT molecular complexity index is 6100. The molecule has 20 N–H and O–H groups in total. The maximum atomic E-state index is 15.0. The van der Waals surface area contributed by atoms with Gasteiger partial charge in [0.15, 0.2) is 130 Å². The minimum absolute atomic E-state index is 0.00128. The summed E-state index contributed by atoms with van der Waals surface area (Å²) in [7, 11) is 0. The zero-order chi connectivity index (χ0) is 97.8. The van der Waals surface area contributed by atoms with Gasteiger partial charge in [0.25, 0.3) is 22.2 Å². The van der Waals surface area contributed by atoms with Gasteiger partial charge in [0.1, 0.15) is 99.6 Å². The van der Waals surface area contributed by atoms with Gasteiger partial charge in [-0.2, -0.15) is 8.78 Å². The summed E-state index contributed by atoms with van der Waals surface area (Å²) in [4.78, 5) is 114. The topological polar surface area (TPSA) is 677 Å².